The Morgan fingerprint density at radius 3 is 2.30 bits per heavy atom. The summed E-state index contributed by atoms with van der Waals surface area (Å²) in [6.45, 7) is 5.44. The highest BCUT2D eigenvalue weighted by molar-refractivity contribution is 7.90. The molecule has 1 saturated heterocycles. The third-order valence-electron chi connectivity index (χ3n) is 5.33. The van der Waals surface area contributed by atoms with Gasteiger partial charge < -0.3 is 15.0 Å². The normalized spacial score (nSPS) is 18.8. The molecule has 2 aromatic carbocycles. The molecule has 0 bridgehead atoms. The molecule has 174 valence electrons. The van der Waals surface area contributed by atoms with E-state index < -0.39 is 9.84 Å². The zero-order valence-corrected chi connectivity index (χ0v) is 19.5. The van der Waals surface area contributed by atoms with Crippen molar-refractivity contribution in [1.82, 2.24) is 25.1 Å². The van der Waals surface area contributed by atoms with Gasteiger partial charge in [0.05, 0.1) is 29.3 Å². The van der Waals surface area contributed by atoms with E-state index in [1.807, 2.05) is 30.9 Å². The SMILES string of the molecule is CC1CN(C(=O)c2ccc(NCc3nnnn3-c3ccc(S(C)(=O)=O)cc3)cc2)CC(C)O1. The molecule has 0 radical (unpaired) electrons. The van der Waals surface area contributed by atoms with Crippen LogP contribution < -0.4 is 5.32 Å². The number of nitrogens with zero attached hydrogens (tertiary/aromatic N) is 5. The third kappa shape index (κ3) is 5.37. The average Bonchev–Trinajstić information content (AvgIpc) is 3.25. The van der Waals surface area contributed by atoms with E-state index in [0.717, 1.165) is 11.9 Å². The smallest absolute Gasteiger partial charge is 0.254 e. The van der Waals surface area contributed by atoms with Crippen LogP contribution in [0.3, 0.4) is 0 Å². The summed E-state index contributed by atoms with van der Waals surface area (Å²) in [7, 11) is -3.27. The lowest BCUT2D eigenvalue weighted by Crippen LogP contribution is -2.48. The third-order valence-corrected chi connectivity index (χ3v) is 6.46. The van der Waals surface area contributed by atoms with Gasteiger partial charge >= 0.3 is 0 Å². The minimum Gasteiger partial charge on any atom is -0.378 e. The predicted molar refractivity (Wildman–Crippen MR) is 122 cm³/mol. The van der Waals surface area contributed by atoms with E-state index in [-0.39, 0.29) is 23.0 Å². The van der Waals surface area contributed by atoms with Crippen molar-refractivity contribution >= 4 is 21.4 Å². The summed E-state index contributed by atoms with van der Waals surface area (Å²) in [4.78, 5) is 14.9. The molecule has 1 aliphatic heterocycles. The number of hydrogen-bond acceptors (Lipinski definition) is 8. The van der Waals surface area contributed by atoms with Crippen molar-refractivity contribution in [2.45, 2.75) is 37.5 Å². The highest BCUT2D eigenvalue weighted by atomic mass is 32.2. The van der Waals surface area contributed by atoms with E-state index in [0.29, 0.717) is 36.7 Å². The van der Waals surface area contributed by atoms with Crippen LogP contribution in [0, 0.1) is 0 Å². The fraction of sp³-hybridized carbons (Fsp3) is 0.364. The van der Waals surface area contributed by atoms with Crippen molar-refractivity contribution in [3.8, 4) is 5.69 Å². The maximum atomic E-state index is 12.8. The standard InChI is InChI=1S/C22H26N6O4S/c1-15-13-27(14-16(2)32-15)22(29)17-4-6-18(7-5-17)23-12-21-24-25-26-28(21)19-8-10-20(11-9-19)33(3,30)31/h4-11,15-16,23H,12-14H2,1-3H3. The second kappa shape index (κ2) is 9.28. The number of amides is 1. The Morgan fingerprint density at radius 2 is 1.70 bits per heavy atom. The number of carbonyl (C=O) groups is 1. The van der Waals surface area contributed by atoms with Crippen LogP contribution in [0.5, 0.6) is 0 Å². The van der Waals surface area contributed by atoms with Crippen LogP contribution in [0.2, 0.25) is 0 Å². The molecule has 0 saturated carbocycles. The Bertz CT molecular complexity index is 1210. The molecule has 1 N–H and O–H groups in total. The van der Waals surface area contributed by atoms with Gasteiger partial charge in [-0.2, -0.15) is 4.68 Å². The number of carbonyl (C=O) groups excluding carboxylic acids is 1. The van der Waals surface area contributed by atoms with Crippen LogP contribution in [-0.2, 0) is 21.1 Å². The number of tetrazole rings is 1. The van der Waals surface area contributed by atoms with Crippen LogP contribution in [0.15, 0.2) is 53.4 Å². The maximum absolute atomic E-state index is 12.8. The number of morpholine rings is 1. The summed E-state index contributed by atoms with van der Waals surface area (Å²) in [5.41, 5.74) is 2.09. The number of sulfone groups is 1. The first-order chi connectivity index (χ1) is 15.7. The minimum atomic E-state index is -3.27. The largest absolute Gasteiger partial charge is 0.378 e. The van der Waals surface area contributed by atoms with E-state index in [2.05, 4.69) is 20.8 Å². The molecule has 2 heterocycles. The highest BCUT2D eigenvalue weighted by Gasteiger charge is 2.26. The molecule has 3 aromatic rings. The molecule has 0 spiro atoms. The summed E-state index contributed by atoms with van der Waals surface area (Å²) < 4.78 is 30.6. The quantitative estimate of drug-likeness (QED) is 0.580. The zero-order valence-electron chi connectivity index (χ0n) is 18.7. The monoisotopic (exact) mass is 470 g/mol. The molecule has 1 amide bonds. The van der Waals surface area contributed by atoms with E-state index in [4.69, 9.17) is 4.74 Å². The molecule has 33 heavy (non-hydrogen) atoms. The molecular weight excluding hydrogens is 444 g/mol. The lowest BCUT2D eigenvalue weighted by molar-refractivity contribution is -0.0586. The molecule has 4 rings (SSSR count). The fourth-order valence-corrected chi connectivity index (χ4v) is 4.42. The number of benzene rings is 2. The number of hydrogen-bond donors (Lipinski definition) is 1. The van der Waals surface area contributed by atoms with Crippen molar-refractivity contribution in [3.63, 3.8) is 0 Å². The Balaban J connectivity index is 1.41. The number of nitrogens with one attached hydrogen (secondary N) is 1. The Hall–Kier alpha value is -3.31. The highest BCUT2D eigenvalue weighted by Crippen LogP contribution is 2.18. The van der Waals surface area contributed by atoms with Gasteiger partial charge in [-0.15, -0.1) is 5.10 Å². The summed E-state index contributed by atoms with van der Waals surface area (Å²) >= 11 is 0. The number of rotatable bonds is 6. The lowest BCUT2D eigenvalue weighted by Gasteiger charge is -2.35. The van der Waals surface area contributed by atoms with Crippen molar-refractivity contribution in [2.75, 3.05) is 24.7 Å². The molecule has 2 atom stereocenters. The Kier molecular flexibility index (Phi) is 6.43. The van der Waals surface area contributed by atoms with Crippen molar-refractivity contribution < 1.29 is 17.9 Å². The number of anilines is 1. The van der Waals surface area contributed by atoms with Gasteiger partial charge in [-0.3, -0.25) is 4.79 Å². The number of aromatic nitrogens is 4. The van der Waals surface area contributed by atoms with Crippen LogP contribution >= 0.6 is 0 Å². The van der Waals surface area contributed by atoms with E-state index in [9.17, 15) is 13.2 Å². The lowest BCUT2D eigenvalue weighted by atomic mass is 10.1. The first-order valence-corrected chi connectivity index (χ1v) is 12.5. The molecule has 1 fully saturated rings. The molecule has 2 unspecified atom stereocenters. The fourth-order valence-electron chi connectivity index (χ4n) is 3.79. The predicted octanol–water partition coefficient (Wildman–Crippen LogP) is 1.93. The van der Waals surface area contributed by atoms with Gasteiger partial charge in [0.2, 0.25) is 0 Å². The Labute approximate surface area is 192 Å². The van der Waals surface area contributed by atoms with Gasteiger partial charge in [0.25, 0.3) is 5.91 Å². The van der Waals surface area contributed by atoms with Gasteiger partial charge in [0.1, 0.15) is 0 Å². The van der Waals surface area contributed by atoms with E-state index in [1.165, 1.54) is 16.8 Å². The summed E-state index contributed by atoms with van der Waals surface area (Å²) in [6.07, 6.45) is 1.20. The van der Waals surface area contributed by atoms with Gasteiger partial charge in [-0.1, -0.05) is 0 Å². The second-order valence-corrected chi connectivity index (χ2v) is 10.2. The van der Waals surface area contributed by atoms with Gasteiger partial charge in [-0.25, -0.2) is 8.42 Å². The molecule has 1 aromatic heterocycles. The van der Waals surface area contributed by atoms with Crippen LogP contribution in [0.1, 0.15) is 30.0 Å². The van der Waals surface area contributed by atoms with E-state index in [1.54, 1.807) is 24.3 Å². The van der Waals surface area contributed by atoms with Crippen LogP contribution in [0.4, 0.5) is 5.69 Å². The van der Waals surface area contributed by atoms with Crippen LogP contribution in [-0.4, -0.2) is 71.0 Å². The summed E-state index contributed by atoms with van der Waals surface area (Å²) in [5, 5.41) is 15.0. The van der Waals surface area contributed by atoms with Crippen molar-refractivity contribution in [2.24, 2.45) is 0 Å². The van der Waals surface area contributed by atoms with Gasteiger partial charge in [-0.05, 0) is 72.8 Å². The molecular formula is C22H26N6O4S. The minimum absolute atomic E-state index is 0.00923. The Morgan fingerprint density at radius 1 is 1.06 bits per heavy atom. The van der Waals surface area contributed by atoms with E-state index >= 15 is 0 Å². The first-order valence-electron chi connectivity index (χ1n) is 10.6. The molecule has 1 aliphatic rings. The zero-order chi connectivity index (χ0) is 23.6. The summed E-state index contributed by atoms with van der Waals surface area (Å²) in [5.74, 6) is 0.545. The second-order valence-electron chi connectivity index (χ2n) is 8.17. The molecule has 11 heteroatoms. The maximum Gasteiger partial charge on any atom is 0.254 e. The molecule has 10 nitrogen and oxygen atoms in total. The van der Waals surface area contributed by atoms with Gasteiger partial charge in [0.15, 0.2) is 15.7 Å². The average molecular weight is 471 g/mol. The van der Waals surface area contributed by atoms with Crippen molar-refractivity contribution in [3.05, 3.63) is 59.9 Å². The molecule has 0 aliphatic carbocycles. The number of ether oxygens (including phenoxy) is 1. The van der Waals surface area contributed by atoms with Gasteiger partial charge in [0, 0.05) is 30.6 Å². The topological polar surface area (TPSA) is 119 Å². The van der Waals surface area contributed by atoms with Crippen molar-refractivity contribution in [1.29, 1.82) is 0 Å². The first kappa shape index (κ1) is 22.9. The summed E-state index contributed by atoms with van der Waals surface area (Å²) in [6, 6.07) is 13.6. The van der Waals surface area contributed by atoms with Crippen LogP contribution in [0.25, 0.3) is 5.69 Å².